The van der Waals surface area contributed by atoms with Crippen LogP contribution in [-0.4, -0.2) is 56.5 Å². The molecule has 1 saturated heterocycles. The fraction of sp³-hybridized carbons (Fsp3) is 0.500. The summed E-state index contributed by atoms with van der Waals surface area (Å²) in [4.78, 5) is 29.4. The molecule has 0 atom stereocenters. The lowest BCUT2D eigenvalue weighted by Gasteiger charge is -2.54. The lowest BCUT2D eigenvalue weighted by Crippen LogP contribution is -2.62. The third-order valence-electron chi connectivity index (χ3n) is 8.80. The summed E-state index contributed by atoms with van der Waals surface area (Å²) in [6.45, 7) is 7.12. The molecule has 2 fully saturated rings. The number of halogens is 3. The molecular weight excluding hydrogens is 580 g/mol. The maximum absolute atomic E-state index is 14.3. The molecule has 2 aliphatic rings. The Bertz CT molecular complexity index is 1480. The van der Waals surface area contributed by atoms with Crippen LogP contribution in [0.2, 0.25) is 5.02 Å². The van der Waals surface area contributed by atoms with Gasteiger partial charge in [-0.2, -0.15) is 0 Å². The van der Waals surface area contributed by atoms with Crippen LogP contribution in [-0.2, 0) is 10.2 Å². The van der Waals surface area contributed by atoms with Crippen molar-refractivity contribution < 1.29 is 23.5 Å². The van der Waals surface area contributed by atoms with E-state index in [0.717, 1.165) is 54.7 Å². The van der Waals surface area contributed by atoms with Gasteiger partial charge in [0.05, 0.1) is 5.60 Å². The minimum absolute atomic E-state index is 0.0744. The van der Waals surface area contributed by atoms with Gasteiger partial charge in [-0.05, 0) is 67.9 Å². The number of ketones is 2. The molecule has 0 bridgehead atoms. The molecule has 2 heterocycles. The second-order valence-corrected chi connectivity index (χ2v) is 14.5. The van der Waals surface area contributed by atoms with Gasteiger partial charge < -0.3 is 5.11 Å². The Kier molecular flexibility index (Phi) is 8.69. The van der Waals surface area contributed by atoms with E-state index in [2.05, 4.69) is 15.1 Å². The number of carbonyl (C=O) groups is 2. The number of aliphatic hydroxyl groups is 1. The average Bonchev–Trinajstić information content (AvgIpc) is 3.37. The van der Waals surface area contributed by atoms with Gasteiger partial charge in [0.15, 0.2) is 15.8 Å². The second kappa shape index (κ2) is 11.8. The van der Waals surface area contributed by atoms with Gasteiger partial charge in [-0.25, -0.2) is 8.78 Å². The number of hydrogen-bond donors (Lipinski definition) is 1. The molecule has 0 spiro atoms. The van der Waals surface area contributed by atoms with E-state index in [1.165, 1.54) is 6.07 Å². The highest BCUT2D eigenvalue weighted by Crippen LogP contribution is 2.44. The first-order chi connectivity index (χ1) is 19.7. The SMILES string of the molecule is CC1(O)CCC(N2CC(CC(=O)CC(C)(C)c3cccc(Cl)c3)(CC(=O)c3nnc(-c4ccc(F)cc4F)s3)C2)CC1. The van der Waals surface area contributed by atoms with Gasteiger partial charge in [-0.15, -0.1) is 10.2 Å². The molecule has 0 radical (unpaired) electrons. The standard InChI is InChI=1S/C32H36ClF2N3O3S/c1-30(2,20-5-4-6-21(33)13-20)15-24(39)16-32(18-38(19-32)23-9-11-31(3,41)12-10-23)17-27(40)29-37-36-28(42-29)25-8-7-22(34)14-26(25)35/h4-8,13-14,23,41H,9-12,15-19H2,1-3H3. The van der Waals surface area contributed by atoms with Crippen molar-refractivity contribution in [2.45, 2.75) is 82.8 Å². The maximum atomic E-state index is 14.3. The molecule has 1 saturated carbocycles. The molecular formula is C32H36ClF2N3O3S. The lowest BCUT2D eigenvalue weighted by molar-refractivity contribution is -0.128. The summed E-state index contributed by atoms with van der Waals surface area (Å²) in [7, 11) is 0. The first-order valence-electron chi connectivity index (χ1n) is 14.3. The highest BCUT2D eigenvalue weighted by Gasteiger charge is 2.49. The average molecular weight is 616 g/mol. The fourth-order valence-corrected chi connectivity index (χ4v) is 7.46. The van der Waals surface area contributed by atoms with Gasteiger partial charge in [-0.1, -0.05) is 48.9 Å². The van der Waals surface area contributed by atoms with Gasteiger partial charge in [0.1, 0.15) is 17.4 Å². The number of carbonyl (C=O) groups excluding carboxylic acids is 2. The number of rotatable bonds is 10. The highest BCUT2D eigenvalue weighted by atomic mass is 35.5. The quantitative estimate of drug-likeness (QED) is 0.247. The summed E-state index contributed by atoms with van der Waals surface area (Å²) in [6, 6.07) is 11.0. The van der Waals surface area contributed by atoms with Crippen LogP contribution in [0.25, 0.3) is 10.6 Å². The van der Waals surface area contributed by atoms with Gasteiger partial charge >= 0.3 is 0 Å². The van der Waals surface area contributed by atoms with Crippen LogP contribution >= 0.6 is 22.9 Å². The summed E-state index contributed by atoms with van der Waals surface area (Å²) < 4.78 is 27.7. The number of likely N-dealkylation sites (tertiary alicyclic amines) is 1. The molecule has 5 rings (SSSR count). The van der Waals surface area contributed by atoms with Crippen LogP contribution < -0.4 is 0 Å². The van der Waals surface area contributed by atoms with E-state index in [1.54, 1.807) is 6.07 Å². The van der Waals surface area contributed by atoms with E-state index in [9.17, 15) is 23.5 Å². The summed E-state index contributed by atoms with van der Waals surface area (Å²) >= 11 is 7.19. The van der Waals surface area contributed by atoms with E-state index in [1.807, 2.05) is 39.0 Å². The van der Waals surface area contributed by atoms with Gasteiger partial charge in [0.25, 0.3) is 0 Å². The van der Waals surface area contributed by atoms with Crippen LogP contribution in [0.15, 0.2) is 42.5 Å². The molecule has 0 unspecified atom stereocenters. The molecule has 3 aromatic rings. The van der Waals surface area contributed by atoms with Crippen LogP contribution in [0.3, 0.4) is 0 Å². The van der Waals surface area contributed by atoms with Crippen LogP contribution in [0, 0.1) is 17.0 Å². The Morgan fingerprint density at radius 1 is 1.10 bits per heavy atom. The van der Waals surface area contributed by atoms with E-state index in [0.29, 0.717) is 30.6 Å². The van der Waals surface area contributed by atoms with Gasteiger partial charge in [-0.3, -0.25) is 14.5 Å². The van der Waals surface area contributed by atoms with Crippen molar-refractivity contribution in [3.8, 4) is 10.6 Å². The minimum Gasteiger partial charge on any atom is -0.390 e. The molecule has 1 N–H and O–H groups in total. The Labute approximate surface area is 254 Å². The summed E-state index contributed by atoms with van der Waals surface area (Å²) in [6.07, 6.45) is 3.87. The number of nitrogens with zero attached hydrogens (tertiary/aromatic N) is 3. The normalized spacial score (nSPS) is 22.5. The first kappa shape index (κ1) is 30.9. The molecule has 1 aliphatic carbocycles. The van der Waals surface area contributed by atoms with Crippen LogP contribution in [0.5, 0.6) is 0 Å². The van der Waals surface area contributed by atoms with Crippen molar-refractivity contribution in [2.75, 3.05) is 13.1 Å². The summed E-state index contributed by atoms with van der Waals surface area (Å²) in [5, 5.41) is 19.4. The third-order valence-corrected chi connectivity index (χ3v) is 10.0. The van der Waals surface area contributed by atoms with E-state index in [4.69, 9.17) is 11.6 Å². The van der Waals surface area contributed by atoms with E-state index in [-0.39, 0.29) is 40.0 Å². The van der Waals surface area contributed by atoms with Crippen molar-refractivity contribution in [2.24, 2.45) is 5.41 Å². The zero-order chi connectivity index (χ0) is 30.3. The Morgan fingerprint density at radius 2 is 1.81 bits per heavy atom. The largest absolute Gasteiger partial charge is 0.390 e. The smallest absolute Gasteiger partial charge is 0.194 e. The van der Waals surface area contributed by atoms with Crippen LogP contribution in [0.4, 0.5) is 8.78 Å². The van der Waals surface area contributed by atoms with Crippen molar-refractivity contribution >= 4 is 34.5 Å². The zero-order valence-corrected chi connectivity index (χ0v) is 25.7. The first-order valence-corrected chi connectivity index (χ1v) is 15.5. The maximum Gasteiger partial charge on any atom is 0.194 e. The van der Waals surface area contributed by atoms with Gasteiger partial charge in [0.2, 0.25) is 0 Å². The number of Topliss-reactive ketones (excluding diaryl/α,β-unsaturated/α-hetero) is 2. The Morgan fingerprint density at radius 3 is 2.48 bits per heavy atom. The summed E-state index contributed by atoms with van der Waals surface area (Å²) in [5.74, 6) is -1.63. The molecule has 224 valence electrons. The molecule has 10 heteroatoms. The van der Waals surface area contributed by atoms with Crippen LogP contribution in [0.1, 0.15) is 81.1 Å². The second-order valence-electron chi connectivity index (χ2n) is 13.1. The molecule has 42 heavy (non-hydrogen) atoms. The number of aromatic nitrogens is 2. The monoisotopic (exact) mass is 615 g/mol. The molecule has 0 amide bonds. The summed E-state index contributed by atoms with van der Waals surface area (Å²) in [5.41, 5.74) is -0.559. The highest BCUT2D eigenvalue weighted by molar-refractivity contribution is 7.16. The van der Waals surface area contributed by atoms with Gasteiger partial charge in [0, 0.05) is 60.5 Å². The Balaban J connectivity index is 1.31. The zero-order valence-electron chi connectivity index (χ0n) is 24.1. The molecule has 2 aromatic carbocycles. The lowest BCUT2D eigenvalue weighted by atomic mass is 9.68. The number of benzene rings is 2. The fourth-order valence-electron chi connectivity index (χ4n) is 6.46. The van der Waals surface area contributed by atoms with Crippen molar-refractivity contribution in [1.82, 2.24) is 15.1 Å². The number of hydrogen-bond acceptors (Lipinski definition) is 7. The molecule has 1 aliphatic heterocycles. The van der Waals surface area contributed by atoms with E-state index < -0.39 is 28.1 Å². The predicted molar refractivity (Wildman–Crippen MR) is 160 cm³/mol. The topological polar surface area (TPSA) is 83.4 Å². The van der Waals surface area contributed by atoms with Crippen molar-refractivity contribution in [1.29, 1.82) is 0 Å². The third kappa shape index (κ3) is 6.96. The Hall–Kier alpha value is -2.59. The predicted octanol–water partition coefficient (Wildman–Crippen LogP) is 7.03. The van der Waals surface area contributed by atoms with E-state index >= 15 is 0 Å². The minimum atomic E-state index is -0.768. The molecule has 6 nitrogen and oxygen atoms in total. The van der Waals surface area contributed by atoms with Crippen molar-refractivity contribution in [3.05, 3.63) is 69.7 Å². The molecule has 1 aromatic heterocycles. The van der Waals surface area contributed by atoms with Crippen molar-refractivity contribution in [3.63, 3.8) is 0 Å².